The minimum atomic E-state index is -3.57. The highest BCUT2D eigenvalue weighted by Gasteiger charge is 2.23. The van der Waals surface area contributed by atoms with E-state index in [4.69, 9.17) is 15.3 Å². The number of sulfone groups is 1. The summed E-state index contributed by atoms with van der Waals surface area (Å²) in [6.07, 6.45) is -0.649. The predicted molar refractivity (Wildman–Crippen MR) is 52.5 cm³/mol. The summed E-state index contributed by atoms with van der Waals surface area (Å²) in [7, 11) is -3.57. The molecule has 1 aromatic carbocycles. The van der Waals surface area contributed by atoms with E-state index in [1.54, 1.807) is 18.2 Å². The van der Waals surface area contributed by atoms with Gasteiger partial charge in [-0.1, -0.05) is 18.2 Å². The number of rotatable bonds is 4. The highest BCUT2D eigenvalue weighted by molar-refractivity contribution is 7.91. The van der Waals surface area contributed by atoms with Crippen LogP contribution in [-0.2, 0) is 9.84 Å². The van der Waals surface area contributed by atoms with Gasteiger partial charge in [0, 0.05) is 6.42 Å². The fraction of sp³-hybridized carbons (Fsp3) is 0.333. The molecule has 0 atom stereocenters. The van der Waals surface area contributed by atoms with Gasteiger partial charge in [0.2, 0.25) is 0 Å². The minimum absolute atomic E-state index is 0.0919. The summed E-state index contributed by atoms with van der Waals surface area (Å²) in [6.45, 7) is 0. The first-order valence-electron chi connectivity index (χ1n) is 4.26. The molecular weight excluding hydrogens is 220 g/mol. The first kappa shape index (κ1) is 12.1. The van der Waals surface area contributed by atoms with Crippen LogP contribution in [0.4, 0.5) is 0 Å². The number of aliphatic hydroxyl groups is 3. The van der Waals surface area contributed by atoms with E-state index in [2.05, 4.69) is 0 Å². The van der Waals surface area contributed by atoms with E-state index in [-0.39, 0.29) is 4.90 Å². The van der Waals surface area contributed by atoms with Crippen LogP contribution in [0.3, 0.4) is 0 Å². The Morgan fingerprint density at radius 2 is 1.60 bits per heavy atom. The molecule has 0 bridgehead atoms. The van der Waals surface area contributed by atoms with Crippen LogP contribution < -0.4 is 0 Å². The zero-order chi connectivity index (χ0) is 11.5. The molecule has 0 heterocycles. The van der Waals surface area contributed by atoms with Crippen molar-refractivity contribution >= 4 is 9.84 Å². The van der Waals surface area contributed by atoms with Gasteiger partial charge in [0.25, 0.3) is 5.97 Å². The Balaban J connectivity index is 2.78. The second kappa shape index (κ2) is 4.28. The molecule has 0 aliphatic rings. The van der Waals surface area contributed by atoms with E-state index < -0.39 is 28.0 Å². The summed E-state index contributed by atoms with van der Waals surface area (Å²) >= 11 is 0. The zero-order valence-electron chi connectivity index (χ0n) is 7.87. The lowest BCUT2D eigenvalue weighted by molar-refractivity contribution is -0.311. The SMILES string of the molecule is O=S(=O)(CCC(O)(O)O)c1ccccc1. The molecule has 0 unspecified atom stereocenters. The molecule has 0 aromatic heterocycles. The van der Waals surface area contributed by atoms with Gasteiger partial charge < -0.3 is 15.3 Å². The third kappa shape index (κ3) is 3.96. The van der Waals surface area contributed by atoms with Crippen LogP contribution in [0.15, 0.2) is 35.2 Å². The summed E-state index contributed by atoms with van der Waals surface area (Å²) < 4.78 is 23.1. The molecule has 5 nitrogen and oxygen atoms in total. The number of hydrogen-bond acceptors (Lipinski definition) is 5. The molecule has 0 spiro atoms. The predicted octanol–water partition coefficient (Wildman–Crippen LogP) is -0.519. The molecule has 0 radical (unpaired) electrons. The average molecular weight is 232 g/mol. The molecule has 0 saturated carbocycles. The van der Waals surface area contributed by atoms with Crippen LogP contribution in [0, 0.1) is 0 Å². The van der Waals surface area contributed by atoms with E-state index in [1.807, 2.05) is 0 Å². The Labute approximate surface area is 87.5 Å². The molecule has 3 N–H and O–H groups in total. The zero-order valence-corrected chi connectivity index (χ0v) is 8.68. The van der Waals surface area contributed by atoms with Gasteiger partial charge in [-0.15, -0.1) is 0 Å². The average Bonchev–Trinajstić information content (AvgIpc) is 2.16. The molecule has 0 aliphatic heterocycles. The van der Waals surface area contributed by atoms with Crippen molar-refractivity contribution in [1.82, 2.24) is 0 Å². The largest absolute Gasteiger partial charge is 0.344 e. The molecule has 15 heavy (non-hydrogen) atoms. The summed E-state index contributed by atoms with van der Waals surface area (Å²) in [5.74, 6) is -3.47. The molecule has 84 valence electrons. The van der Waals surface area contributed by atoms with Crippen molar-refractivity contribution in [2.24, 2.45) is 0 Å². The Kier molecular flexibility index (Phi) is 3.46. The summed E-state index contributed by atoms with van der Waals surface area (Å²) in [4.78, 5) is 0.0919. The summed E-state index contributed by atoms with van der Waals surface area (Å²) in [5, 5.41) is 25.7. The van der Waals surface area contributed by atoms with E-state index >= 15 is 0 Å². The van der Waals surface area contributed by atoms with Gasteiger partial charge in [-0.25, -0.2) is 8.42 Å². The normalized spacial score (nSPS) is 12.7. The van der Waals surface area contributed by atoms with Crippen LogP contribution in [0.2, 0.25) is 0 Å². The summed E-state index contributed by atoms with van der Waals surface area (Å²) in [5.41, 5.74) is 0. The fourth-order valence-corrected chi connectivity index (χ4v) is 2.37. The van der Waals surface area contributed by atoms with Crippen molar-refractivity contribution in [2.75, 3.05) is 5.75 Å². The highest BCUT2D eigenvalue weighted by Crippen LogP contribution is 2.13. The third-order valence-electron chi connectivity index (χ3n) is 1.81. The van der Waals surface area contributed by atoms with E-state index in [0.29, 0.717) is 0 Å². The first-order chi connectivity index (χ1) is 6.81. The third-order valence-corrected chi connectivity index (χ3v) is 3.54. The summed E-state index contributed by atoms with van der Waals surface area (Å²) in [6, 6.07) is 7.62. The van der Waals surface area contributed by atoms with Gasteiger partial charge in [0.15, 0.2) is 9.84 Å². The Morgan fingerprint density at radius 1 is 1.07 bits per heavy atom. The van der Waals surface area contributed by atoms with Crippen molar-refractivity contribution in [1.29, 1.82) is 0 Å². The van der Waals surface area contributed by atoms with Gasteiger partial charge in [0.05, 0.1) is 10.6 Å². The van der Waals surface area contributed by atoms with Crippen molar-refractivity contribution in [2.45, 2.75) is 17.3 Å². The van der Waals surface area contributed by atoms with Crippen LogP contribution in [0.5, 0.6) is 0 Å². The quantitative estimate of drug-likeness (QED) is 0.607. The Morgan fingerprint density at radius 3 is 2.07 bits per heavy atom. The maximum Gasteiger partial charge on any atom is 0.276 e. The van der Waals surface area contributed by atoms with Gasteiger partial charge in [-0.05, 0) is 12.1 Å². The fourth-order valence-electron chi connectivity index (χ4n) is 1.02. The molecule has 0 amide bonds. The van der Waals surface area contributed by atoms with Crippen molar-refractivity contribution < 1.29 is 23.7 Å². The standard InChI is InChI=1S/C9H12O5S/c10-9(11,12)6-7-15(13,14)8-4-2-1-3-5-8/h1-5,10-12H,6-7H2. The van der Waals surface area contributed by atoms with Gasteiger partial charge in [0.1, 0.15) is 0 Å². The van der Waals surface area contributed by atoms with Crippen LogP contribution in [-0.4, -0.2) is 35.5 Å². The molecular formula is C9H12O5S. The molecule has 1 aromatic rings. The van der Waals surface area contributed by atoms with Gasteiger partial charge in [-0.2, -0.15) is 0 Å². The maximum absolute atomic E-state index is 11.5. The maximum atomic E-state index is 11.5. The lowest BCUT2D eigenvalue weighted by Crippen LogP contribution is -2.30. The smallest absolute Gasteiger partial charge is 0.276 e. The van der Waals surface area contributed by atoms with Crippen molar-refractivity contribution in [3.8, 4) is 0 Å². The first-order valence-corrected chi connectivity index (χ1v) is 5.91. The van der Waals surface area contributed by atoms with Crippen molar-refractivity contribution in [3.05, 3.63) is 30.3 Å². The minimum Gasteiger partial charge on any atom is -0.344 e. The molecule has 0 fully saturated rings. The molecule has 6 heteroatoms. The van der Waals surface area contributed by atoms with E-state index in [9.17, 15) is 8.42 Å². The van der Waals surface area contributed by atoms with Gasteiger partial charge >= 0.3 is 0 Å². The van der Waals surface area contributed by atoms with Crippen molar-refractivity contribution in [3.63, 3.8) is 0 Å². The second-order valence-corrected chi connectivity index (χ2v) is 5.27. The Bertz CT molecular complexity index is 404. The van der Waals surface area contributed by atoms with Crippen LogP contribution in [0.25, 0.3) is 0 Å². The molecule has 0 saturated heterocycles. The van der Waals surface area contributed by atoms with Crippen LogP contribution in [0.1, 0.15) is 6.42 Å². The van der Waals surface area contributed by atoms with Crippen LogP contribution >= 0.6 is 0 Å². The second-order valence-electron chi connectivity index (χ2n) is 3.16. The highest BCUT2D eigenvalue weighted by atomic mass is 32.2. The van der Waals surface area contributed by atoms with Gasteiger partial charge in [-0.3, -0.25) is 0 Å². The molecule has 1 rings (SSSR count). The lowest BCUT2D eigenvalue weighted by Gasteiger charge is -2.13. The Hall–Kier alpha value is -0.950. The number of hydrogen-bond donors (Lipinski definition) is 3. The lowest BCUT2D eigenvalue weighted by atomic mass is 10.4. The monoisotopic (exact) mass is 232 g/mol. The van der Waals surface area contributed by atoms with E-state index in [1.165, 1.54) is 12.1 Å². The topological polar surface area (TPSA) is 94.8 Å². The van der Waals surface area contributed by atoms with E-state index in [0.717, 1.165) is 0 Å². The molecule has 0 aliphatic carbocycles. The number of benzene rings is 1.